The highest BCUT2D eigenvalue weighted by Crippen LogP contribution is 2.23. The monoisotopic (exact) mass is 197 g/mol. The van der Waals surface area contributed by atoms with E-state index in [4.69, 9.17) is 0 Å². The lowest BCUT2D eigenvalue weighted by Gasteiger charge is -2.29. The van der Waals surface area contributed by atoms with Gasteiger partial charge in [-0.05, 0) is 25.7 Å². The third-order valence-corrected chi connectivity index (χ3v) is 3.44. The number of hydrogen-bond acceptors (Lipinski definition) is 4. The molecule has 1 aliphatic rings. The standard InChI is InChI=1S/C9H15N3S/c1-7-3-5-12(6-4-7)9-10-8(2)11-13-9/h7H,3-6H2,1-2H3. The number of anilines is 1. The Kier molecular flexibility index (Phi) is 2.49. The Bertz CT molecular complexity index is 276. The van der Waals surface area contributed by atoms with Crippen LogP contribution < -0.4 is 4.90 Å². The minimum Gasteiger partial charge on any atom is -0.347 e. The Morgan fingerprint density at radius 3 is 2.62 bits per heavy atom. The van der Waals surface area contributed by atoms with Gasteiger partial charge in [-0.25, -0.2) is 4.98 Å². The van der Waals surface area contributed by atoms with Crippen molar-refractivity contribution in [3.8, 4) is 0 Å². The van der Waals surface area contributed by atoms with Crippen molar-refractivity contribution in [1.82, 2.24) is 9.36 Å². The number of hydrogen-bond donors (Lipinski definition) is 0. The zero-order valence-electron chi connectivity index (χ0n) is 8.16. The molecular formula is C9H15N3S. The summed E-state index contributed by atoms with van der Waals surface area (Å²) in [5.41, 5.74) is 0. The van der Waals surface area contributed by atoms with Crippen LogP contribution in [0.25, 0.3) is 0 Å². The van der Waals surface area contributed by atoms with Crippen LogP contribution in [0.3, 0.4) is 0 Å². The molecule has 1 aromatic heterocycles. The van der Waals surface area contributed by atoms with Crippen LogP contribution in [0.2, 0.25) is 0 Å². The van der Waals surface area contributed by atoms with Gasteiger partial charge in [0.2, 0.25) is 5.13 Å². The lowest BCUT2D eigenvalue weighted by atomic mass is 10.00. The number of rotatable bonds is 1. The minimum absolute atomic E-state index is 0.880. The van der Waals surface area contributed by atoms with Gasteiger partial charge in [0.25, 0.3) is 0 Å². The van der Waals surface area contributed by atoms with Crippen molar-refractivity contribution < 1.29 is 0 Å². The molecule has 3 nitrogen and oxygen atoms in total. The van der Waals surface area contributed by atoms with Crippen LogP contribution >= 0.6 is 11.5 Å². The van der Waals surface area contributed by atoms with Gasteiger partial charge in [-0.1, -0.05) is 6.92 Å². The fourth-order valence-corrected chi connectivity index (χ4v) is 2.34. The Hall–Kier alpha value is -0.640. The number of aryl methyl sites for hydroxylation is 1. The lowest BCUT2D eigenvalue weighted by Crippen LogP contribution is -2.32. The summed E-state index contributed by atoms with van der Waals surface area (Å²) in [4.78, 5) is 6.74. The maximum Gasteiger partial charge on any atom is 0.205 e. The third kappa shape index (κ3) is 1.99. The molecule has 13 heavy (non-hydrogen) atoms. The first-order valence-corrected chi connectivity index (χ1v) is 5.58. The van der Waals surface area contributed by atoms with Crippen molar-refractivity contribution in [2.75, 3.05) is 18.0 Å². The van der Waals surface area contributed by atoms with E-state index in [1.807, 2.05) is 6.92 Å². The van der Waals surface area contributed by atoms with Crippen molar-refractivity contribution in [2.24, 2.45) is 5.92 Å². The van der Waals surface area contributed by atoms with Gasteiger partial charge in [-0.2, -0.15) is 4.37 Å². The second-order valence-corrected chi connectivity index (χ2v) is 4.52. The van der Waals surface area contributed by atoms with Crippen molar-refractivity contribution in [3.63, 3.8) is 0 Å². The van der Waals surface area contributed by atoms with Crippen LogP contribution in [0.4, 0.5) is 5.13 Å². The van der Waals surface area contributed by atoms with Crippen LogP contribution in [-0.2, 0) is 0 Å². The summed E-state index contributed by atoms with van der Waals surface area (Å²) >= 11 is 1.52. The minimum atomic E-state index is 0.880. The summed E-state index contributed by atoms with van der Waals surface area (Å²) < 4.78 is 4.20. The fraction of sp³-hybridized carbons (Fsp3) is 0.778. The number of nitrogens with zero attached hydrogens (tertiary/aromatic N) is 3. The van der Waals surface area contributed by atoms with E-state index in [0.29, 0.717) is 0 Å². The highest BCUT2D eigenvalue weighted by Gasteiger charge is 2.18. The highest BCUT2D eigenvalue weighted by atomic mass is 32.1. The van der Waals surface area contributed by atoms with E-state index in [1.54, 1.807) is 0 Å². The van der Waals surface area contributed by atoms with Crippen molar-refractivity contribution in [2.45, 2.75) is 26.7 Å². The predicted molar refractivity (Wildman–Crippen MR) is 55.3 cm³/mol. The van der Waals surface area contributed by atoms with Crippen LogP contribution in [0.5, 0.6) is 0 Å². The van der Waals surface area contributed by atoms with Crippen molar-refractivity contribution >= 4 is 16.7 Å². The predicted octanol–water partition coefficient (Wildman–Crippen LogP) is 2.08. The highest BCUT2D eigenvalue weighted by molar-refractivity contribution is 7.09. The van der Waals surface area contributed by atoms with E-state index in [1.165, 1.54) is 24.4 Å². The maximum atomic E-state index is 4.39. The summed E-state index contributed by atoms with van der Waals surface area (Å²) in [6, 6.07) is 0. The second-order valence-electron chi connectivity index (χ2n) is 3.79. The second kappa shape index (κ2) is 3.62. The molecule has 72 valence electrons. The zero-order valence-corrected chi connectivity index (χ0v) is 8.97. The molecular weight excluding hydrogens is 182 g/mol. The Morgan fingerprint density at radius 1 is 1.38 bits per heavy atom. The molecule has 0 bridgehead atoms. The zero-order chi connectivity index (χ0) is 9.26. The third-order valence-electron chi connectivity index (χ3n) is 2.57. The topological polar surface area (TPSA) is 29.0 Å². The normalized spacial score (nSPS) is 19.4. The first-order chi connectivity index (χ1) is 6.25. The summed E-state index contributed by atoms with van der Waals surface area (Å²) in [6.45, 7) is 6.57. The van der Waals surface area contributed by atoms with E-state index in [-0.39, 0.29) is 0 Å². The molecule has 0 amide bonds. The number of aromatic nitrogens is 2. The molecule has 4 heteroatoms. The van der Waals surface area contributed by atoms with Gasteiger partial charge in [0.15, 0.2) is 0 Å². The summed E-state index contributed by atoms with van der Waals surface area (Å²) in [5, 5.41) is 1.10. The van der Waals surface area contributed by atoms with Crippen LogP contribution in [0.1, 0.15) is 25.6 Å². The molecule has 1 saturated heterocycles. The first kappa shape index (κ1) is 8.94. The molecule has 0 aliphatic carbocycles. The number of piperidine rings is 1. The molecule has 0 radical (unpaired) electrons. The van der Waals surface area contributed by atoms with E-state index in [9.17, 15) is 0 Å². The van der Waals surface area contributed by atoms with E-state index >= 15 is 0 Å². The lowest BCUT2D eigenvalue weighted by molar-refractivity contribution is 0.438. The van der Waals surface area contributed by atoms with Crippen LogP contribution in [-0.4, -0.2) is 22.4 Å². The van der Waals surface area contributed by atoms with Gasteiger partial charge in [-0.15, -0.1) is 0 Å². The Morgan fingerprint density at radius 2 is 2.08 bits per heavy atom. The Labute approximate surface area is 83.0 Å². The van der Waals surface area contributed by atoms with Crippen LogP contribution in [0, 0.1) is 12.8 Å². The van der Waals surface area contributed by atoms with Crippen molar-refractivity contribution in [1.29, 1.82) is 0 Å². The molecule has 1 fully saturated rings. The molecule has 1 aromatic rings. The summed E-state index contributed by atoms with van der Waals surface area (Å²) in [7, 11) is 0. The van der Waals surface area contributed by atoms with E-state index in [2.05, 4.69) is 21.2 Å². The smallest absolute Gasteiger partial charge is 0.205 e. The fourth-order valence-electron chi connectivity index (χ4n) is 1.61. The molecule has 0 spiro atoms. The Balaban J connectivity index is 2.02. The molecule has 0 saturated carbocycles. The van der Waals surface area contributed by atoms with Gasteiger partial charge in [0.1, 0.15) is 5.82 Å². The van der Waals surface area contributed by atoms with Crippen molar-refractivity contribution in [3.05, 3.63) is 5.82 Å². The quantitative estimate of drug-likeness (QED) is 0.690. The molecule has 0 aromatic carbocycles. The van der Waals surface area contributed by atoms with E-state index in [0.717, 1.165) is 30.0 Å². The van der Waals surface area contributed by atoms with Crippen LogP contribution in [0.15, 0.2) is 0 Å². The SMILES string of the molecule is Cc1nsc(N2CCC(C)CC2)n1. The molecule has 2 heterocycles. The van der Waals surface area contributed by atoms with Gasteiger partial charge < -0.3 is 4.90 Å². The van der Waals surface area contributed by atoms with Gasteiger partial charge in [0, 0.05) is 24.6 Å². The van der Waals surface area contributed by atoms with E-state index < -0.39 is 0 Å². The summed E-state index contributed by atoms with van der Waals surface area (Å²) in [6.07, 6.45) is 2.58. The van der Waals surface area contributed by atoms with Gasteiger partial charge >= 0.3 is 0 Å². The molecule has 1 aliphatic heterocycles. The molecule has 0 N–H and O–H groups in total. The average molecular weight is 197 g/mol. The summed E-state index contributed by atoms with van der Waals surface area (Å²) in [5.74, 6) is 1.78. The molecule has 0 unspecified atom stereocenters. The first-order valence-electron chi connectivity index (χ1n) is 4.81. The van der Waals surface area contributed by atoms with Gasteiger partial charge in [-0.3, -0.25) is 0 Å². The molecule has 0 atom stereocenters. The molecule has 2 rings (SSSR count). The largest absolute Gasteiger partial charge is 0.347 e. The van der Waals surface area contributed by atoms with Gasteiger partial charge in [0.05, 0.1) is 0 Å². The maximum absolute atomic E-state index is 4.39. The average Bonchev–Trinajstić information content (AvgIpc) is 2.53.